The van der Waals surface area contributed by atoms with Crippen LogP contribution in [0.2, 0.25) is 0 Å². The fourth-order valence-electron chi connectivity index (χ4n) is 3.52. The number of nitrogens with zero attached hydrogens (tertiary/aromatic N) is 2. The molecule has 152 valence electrons. The molecule has 0 aliphatic rings. The number of aliphatic carboxylic acids is 1. The largest absolute Gasteiger partial charge is 0.481 e. The van der Waals surface area contributed by atoms with Gasteiger partial charge in [-0.3, -0.25) is 4.79 Å². The molecule has 1 heterocycles. The zero-order valence-corrected chi connectivity index (χ0v) is 16.4. The van der Waals surface area contributed by atoms with E-state index in [1.54, 1.807) is 0 Å². The van der Waals surface area contributed by atoms with Gasteiger partial charge in [0.05, 0.1) is 30.0 Å². The standard InChI is InChI=1S/C23H26N2O4/c1-16-24-22(17-8-4-2-5-9-17)23(18-10-6-3-7-11-18)25(16)13-12-19(26)14-20(27)15-21(28)29/h2-11,19-20,26-27H,12-15H2,1H3,(H,28,29). The van der Waals surface area contributed by atoms with Gasteiger partial charge < -0.3 is 19.9 Å². The monoisotopic (exact) mass is 394 g/mol. The van der Waals surface area contributed by atoms with Gasteiger partial charge in [0.1, 0.15) is 5.82 Å². The van der Waals surface area contributed by atoms with Gasteiger partial charge in [0, 0.05) is 17.7 Å². The Morgan fingerprint density at radius 1 is 0.966 bits per heavy atom. The van der Waals surface area contributed by atoms with Crippen LogP contribution in [0.5, 0.6) is 0 Å². The molecule has 0 spiro atoms. The van der Waals surface area contributed by atoms with Gasteiger partial charge in [-0.1, -0.05) is 60.7 Å². The first-order chi connectivity index (χ1) is 14.0. The fraction of sp³-hybridized carbons (Fsp3) is 0.304. The zero-order chi connectivity index (χ0) is 20.8. The third-order valence-corrected chi connectivity index (χ3v) is 4.89. The van der Waals surface area contributed by atoms with E-state index in [0.29, 0.717) is 13.0 Å². The number of aromatic nitrogens is 2. The van der Waals surface area contributed by atoms with Crippen molar-refractivity contribution in [2.75, 3.05) is 0 Å². The number of carbonyl (C=O) groups is 1. The summed E-state index contributed by atoms with van der Waals surface area (Å²) >= 11 is 0. The van der Waals surface area contributed by atoms with Gasteiger partial charge in [-0.05, 0) is 19.8 Å². The van der Waals surface area contributed by atoms with Crippen LogP contribution in [0.15, 0.2) is 60.7 Å². The molecule has 0 saturated heterocycles. The molecule has 6 nitrogen and oxygen atoms in total. The summed E-state index contributed by atoms with van der Waals surface area (Å²) < 4.78 is 2.07. The summed E-state index contributed by atoms with van der Waals surface area (Å²) in [4.78, 5) is 15.5. The van der Waals surface area contributed by atoms with E-state index < -0.39 is 18.2 Å². The molecular formula is C23H26N2O4. The van der Waals surface area contributed by atoms with Crippen molar-refractivity contribution in [2.24, 2.45) is 0 Å². The molecule has 2 unspecified atom stereocenters. The number of benzene rings is 2. The fourth-order valence-corrected chi connectivity index (χ4v) is 3.52. The maximum absolute atomic E-state index is 10.7. The minimum atomic E-state index is -1.07. The van der Waals surface area contributed by atoms with E-state index in [1.807, 2.05) is 67.6 Å². The van der Waals surface area contributed by atoms with Crippen molar-refractivity contribution in [3.63, 3.8) is 0 Å². The molecule has 0 bridgehead atoms. The summed E-state index contributed by atoms with van der Waals surface area (Å²) in [5.41, 5.74) is 3.92. The smallest absolute Gasteiger partial charge is 0.305 e. The molecule has 3 aromatic rings. The van der Waals surface area contributed by atoms with Crippen LogP contribution in [0.4, 0.5) is 0 Å². The zero-order valence-electron chi connectivity index (χ0n) is 16.4. The molecular weight excluding hydrogens is 368 g/mol. The highest BCUT2D eigenvalue weighted by Gasteiger charge is 2.20. The summed E-state index contributed by atoms with van der Waals surface area (Å²) in [6.45, 7) is 2.45. The van der Waals surface area contributed by atoms with Crippen LogP contribution in [0, 0.1) is 6.92 Å². The van der Waals surface area contributed by atoms with E-state index in [1.165, 1.54) is 0 Å². The molecule has 0 aliphatic heterocycles. The minimum Gasteiger partial charge on any atom is -0.481 e. The van der Waals surface area contributed by atoms with Crippen molar-refractivity contribution in [3.8, 4) is 22.5 Å². The minimum absolute atomic E-state index is 0.0340. The lowest BCUT2D eigenvalue weighted by molar-refractivity contribution is -0.139. The second-order valence-corrected chi connectivity index (χ2v) is 7.17. The van der Waals surface area contributed by atoms with Crippen molar-refractivity contribution < 1.29 is 20.1 Å². The maximum Gasteiger partial charge on any atom is 0.305 e. The first kappa shape index (κ1) is 20.8. The van der Waals surface area contributed by atoms with E-state index in [2.05, 4.69) is 4.57 Å². The molecule has 1 aromatic heterocycles. The maximum atomic E-state index is 10.7. The van der Waals surface area contributed by atoms with Crippen LogP contribution in [0.25, 0.3) is 22.5 Å². The normalized spacial score (nSPS) is 13.2. The number of carboxylic acids is 1. The topological polar surface area (TPSA) is 95.6 Å². The van der Waals surface area contributed by atoms with Crippen molar-refractivity contribution in [1.29, 1.82) is 0 Å². The SMILES string of the molecule is Cc1nc(-c2ccccc2)c(-c2ccccc2)n1CCC(O)CC(O)CC(=O)O. The van der Waals surface area contributed by atoms with Gasteiger partial charge in [0.25, 0.3) is 0 Å². The number of aliphatic hydroxyl groups excluding tert-OH is 2. The molecule has 0 amide bonds. The molecule has 3 rings (SSSR count). The van der Waals surface area contributed by atoms with E-state index in [-0.39, 0.29) is 12.8 Å². The molecule has 6 heteroatoms. The van der Waals surface area contributed by atoms with Crippen molar-refractivity contribution >= 4 is 5.97 Å². The van der Waals surface area contributed by atoms with Crippen LogP contribution in [-0.2, 0) is 11.3 Å². The third kappa shape index (κ3) is 5.31. The lowest BCUT2D eigenvalue weighted by Gasteiger charge is -2.17. The molecule has 0 saturated carbocycles. The predicted molar refractivity (Wildman–Crippen MR) is 111 cm³/mol. The number of hydrogen-bond acceptors (Lipinski definition) is 4. The Kier molecular flexibility index (Phi) is 6.80. The molecule has 0 fully saturated rings. The van der Waals surface area contributed by atoms with Crippen LogP contribution in [-0.4, -0.2) is 43.0 Å². The average Bonchev–Trinajstić information content (AvgIpc) is 3.03. The first-order valence-electron chi connectivity index (χ1n) is 9.71. The molecule has 2 atom stereocenters. The number of hydrogen-bond donors (Lipinski definition) is 3. The Morgan fingerprint density at radius 2 is 1.55 bits per heavy atom. The average molecular weight is 394 g/mol. The third-order valence-electron chi connectivity index (χ3n) is 4.89. The summed E-state index contributed by atoms with van der Waals surface area (Å²) in [6.07, 6.45) is -1.79. The lowest BCUT2D eigenvalue weighted by Crippen LogP contribution is -2.22. The Labute approximate surface area is 170 Å². The Bertz CT molecular complexity index is 938. The Balaban J connectivity index is 1.87. The summed E-state index contributed by atoms with van der Waals surface area (Å²) in [6, 6.07) is 20.0. The summed E-state index contributed by atoms with van der Waals surface area (Å²) in [5, 5.41) is 28.8. The van der Waals surface area contributed by atoms with Crippen molar-refractivity contribution in [3.05, 3.63) is 66.5 Å². The molecule has 2 aromatic carbocycles. The second-order valence-electron chi connectivity index (χ2n) is 7.17. The van der Waals surface area contributed by atoms with Crippen LogP contribution in [0.3, 0.4) is 0 Å². The molecule has 0 aliphatic carbocycles. The summed E-state index contributed by atoms with van der Waals surface area (Å²) in [5.74, 6) is -0.241. The Hall–Kier alpha value is -2.96. The lowest BCUT2D eigenvalue weighted by atomic mass is 10.0. The van der Waals surface area contributed by atoms with E-state index in [9.17, 15) is 15.0 Å². The van der Waals surface area contributed by atoms with E-state index in [4.69, 9.17) is 10.1 Å². The quantitative estimate of drug-likeness (QED) is 0.516. The number of aryl methyl sites for hydroxylation is 1. The van der Waals surface area contributed by atoms with Crippen molar-refractivity contribution in [2.45, 2.75) is 44.9 Å². The number of aliphatic hydroxyl groups is 2. The van der Waals surface area contributed by atoms with Gasteiger partial charge in [-0.15, -0.1) is 0 Å². The van der Waals surface area contributed by atoms with Gasteiger partial charge in [-0.25, -0.2) is 4.98 Å². The highest BCUT2D eigenvalue weighted by atomic mass is 16.4. The van der Waals surface area contributed by atoms with Gasteiger partial charge >= 0.3 is 5.97 Å². The van der Waals surface area contributed by atoms with Crippen LogP contribution < -0.4 is 0 Å². The van der Waals surface area contributed by atoms with Gasteiger partial charge in [0.2, 0.25) is 0 Å². The number of imidazole rings is 1. The van der Waals surface area contributed by atoms with E-state index >= 15 is 0 Å². The summed E-state index contributed by atoms with van der Waals surface area (Å²) in [7, 11) is 0. The predicted octanol–water partition coefficient (Wildman–Crippen LogP) is 3.50. The van der Waals surface area contributed by atoms with E-state index in [0.717, 1.165) is 28.3 Å². The highest BCUT2D eigenvalue weighted by molar-refractivity contribution is 5.79. The molecule has 29 heavy (non-hydrogen) atoms. The first-order valence-corrected chi connectivity index (χ1v) is 9.71. The molecule has 0 radical (unpaired) electrons. The molecule has 3 N–H and O–H groups in total. The number of rotatable bonds is 9. The van der Waals surface area contributed by atoms with Gasteiger partial charge in [-0.2, -0.15) is 0 Å². The second kappa shape index (κ2) is 9.49. The van der Waals surface area contributed by atoms with Crippen LogP contribution in [0.1, 0.15) is 25.1 Å². The Morgan fingerprint density at radius 3 is 2.14 bits per heavy atom. The highest BCUT2D eigenvalue weighted by Crippen LogP contribution is 2.33. The van der Waals surface area contributed by atoms with Crippen molar-refractivity contribution in [1.82, 2.24) is 9.55 Å². The van der Waals surface area contributed by atoms with Gasteiger partial charge in [0.15, 0.2) is 0 Å². The van der Waals surface area contributed by atoms with Crippen LogP contribution >= 0.6 is 0 Å². The number of carboxylic acid groups (broad SMARTS) is 1.